The maximum Gasteiger partial charge on any atom is 0.212 e. The predicted molar refractivity (Wildman–Crippen MR) is 82.6 cm³/mol. The van der Waals surface area contributed by atoms with Gasteiger partial charge in [0.2, 0.25) is 4.96 Å². The molecule has 98 valence electrons. The molecule has 0 unspecified atom stereocenters. The lowest BCUT2D eigenvalue weighted by atomic mass is 10.2. The number of imidazole rings is 1. The number of hydrogen-bond donors (Lipinski definition) is 0. The van der Waals surface area contributed by atoms with Gasteiger partial charge in [-0.05, 0) is 18.6 Å². The zero-order chi connectivity index (χ0) is 13.2. The summed E-state index contributed by atoms with van der Waals surface area (Å²) >= 11 is 5.17. The summed E-state index contributed by atoms with van der Waals surface area (Å²) in [7, 11) is 0. The van der Waals surface area contributed by atoms with Crippen LogP contribution in [0.2, 0.25) is 0 Å². The number of halogens is 1. The summed E-state index contributed by atoms with van der Waals surface area (Å²) in [5.74, 6) is 0. The van der Waals surface area contributed by atoms with E-state index in [-0.39, 0.29) is 0 Å². The van der Waals surface area contributed by atoms with Crippen molar-refractivity contribution in [2.75, 3.05) is 0 Å². The summed E-state index contributed by atoms with van der Waals surface area (Å²) in [5.41, 5.74) is 2.09. The number of aromatic nitrogens is 3. The van der Waals surface area contributed by atoms with Crippen LogP contribution >= 0.6 is 27.3 Å². The molecule has 0 saturated carbocycles. The first-order valence-electron chi connectivity index (χ1n) is 6.37. The van der Waals surface area contributed by atoms with Crippen molar-refractivity contribution in [3.63, 3.8) is 0 Å². The molecule has 0 radical (unpaired) electrons. The number of hydrogen-bond acceptors (Lipinski definition) is 3. The highest BCUT2D eigenvalue weighted by Crippen LogP contribution is 2.25. The Bertz CT molecular complexity index is 670. The molecule has 0 saturated heterocycles. The van der Waals surface area contributed by atoms with E-state index in [0.29, 0.717) is 0 Å². The molecule has 3 aromatic rings. The smallest absolute Gasteiger partial charge is 0.212 e. The molecular weight excluding hydrogens is 322 g/mol. The van der Waals surface area contributed by atoms with E-state index in [4.69, 9.17) is 0 Å². The summed E-state index contributed by atoms with van der Waals surface area (Å²) in [6, 6.07) is 8.18. The Labute approximate surface area is 124 Å². The first-order chi connectivity index (χ1) is 9.26. The molecule has 2 heterocycles. The zero-order valence-corrected chi connectivity index (χ0v) is 13.0. The largest absolute Gasteiger partial charge is 0.217 e. The molecule has 2 aromatic heterocycles. The lowest BCUT2D eigenvalue weighted by Gasteiger charge is -1.96. The van der Waals surface area contributed by atoms with Crippen LogP contribution in [0, 0.1) is 0 Å². The summed E-state index contributed by atoms with van der Waals surface area (Å²) in [5, 5.41) is 5.75. The first kappa shape index (κ1) is 12.8. The number of fused-ring (bicyclic) bond motifs is 1. The van der Waals surface area contributed by atoms with Gasteiger partial charge < -0.3 is 0 Å². The monoisotopic (exact) mass is 335 g/mol. The van der Waals surface area contributed by atoms with Crippen molar-refractivity contribution >= 4 is 32.2 Å². The molecule has 0 aliphatic heterocycles. The Balaban J connectivity index is 1.92. The average Bonchev–Trinajstić information content (AvgIpc) is 2.94. The number of rotatable bonds is 4. The highest BCUT2D eigenvalue weighted by molar-refractivity contribution is 9.10. The molecule has 3 rings (SSSR count). The standard InChI is InChI=1S/C14H14BrN3S/c1-2-3-7-13-17-18-9-12(16-14(18)19-13)10-5-4-6-11(15)8-10/h4-6,8-9H,2-3,7H2,1H3. The van der Waals surface area contributed by atoms with Crippen molar-refractivity contribution in [1.29, 1.82) is 0 Å². The molecule has 0 fully saturated rings. The van der Waals surface area contributed by atoms with Gasteiger partial charge in [-0.2, -0.15) is 5.10 Å². The van der Waals surface area contributed by atoms with Crippen molar-refractivity contribution in [2.45, 2.75) is 26.2 Å². The molecule has 5 heteroatoms. The van der Waals surface area contributed by atoms with E-state index in [1.807, 2.05) is 22.8 Å². The van der Waals surface area contributed by atoms with Crippen LogP contribution in [-0.2, 0) is 6.42 Å². The summed E-state index contributed by atoms with van der Waals surface area (Å²) in [4.78, 5) is 5.62. The maximum absolute atomic E-state index is 4.65. The molecule has 0 spiro atoms. The van der Waals surface area contributed by atoms with Crippen LogP contribution in [0.25, 0.3) is 16.2 Å². The molecular formula is C14H14BrN3S. The SMILES string of the molecule is CCCCc1nn2cc(-c3cccc(Br)c3)nc2s1. The van der Waals surface area contributed by atoms with Crippen molar-refractivity contribution < 1.29 is 0 Å². The topological polar surface area (TPSA) is 30.2 Å². The Morgan fingerprint density at radius 1 is 1.37 bits per heavy atom. The van der Waals surface area contributed by atoms with E-state index in [1.165, 1.54) is 17.8 Å². The minimum Gasteiger partial charge on any atom is -0.217 e. The van der Waals surface area contributed by atoms with Gasteiger partial charge in [-0.25, -0.2) is 9.50 Å². The second-order valence-electron chi connectivity index (χ2n) is 4.46. The zero-order valence-electron chi connectivity index (χ0n) is 10.6. The molecule has 0 bridgehead atoms. The third-order valence-electron chi connectivity index (χ3n) is 2.95. The van der Waals surface area contributed by atoms with E-state index < -0.39 is 0 Å². The normalized spacial score (nSPS) is 11.3. The van der Waals surface area contributed by atoms with E-state index in [2.05, 4.69) is 45.1 Å². The second-order valence-corrected chi connectivity index (χ2v) is 6.42. The lowest BCUT2D eigenvalue weighted by molar-refractivity contribution is 0.770. The van der Waals surface area contributed by atoms with Crippen molar-refractivity contribution in [3.05, 3.63) is 39.9 Å². The van der Waals surface area contributed by atoms with Crippen LogP contribution in [0.3, 0.4) is 0 Å². The summed E-state index contributed by atoms with van der Waals surface area (Å²) < 4.78 is 2.96. The van der Waals surface area contributed by atoms with Gasteiger partial charge in [0.25, 0.3) is 0 Å². The Kier molecular flexibility index (Phi) is 3.66. The van der Waals surface area contributed by atoms with Gasteiger partial charge >= 0.3 is 0 Å². The van der Waals surface area contributed by atoms with Gasteiger partial charge in [0.05, 0.1) is 11.9 Å². The third-order valence-corrected chi connectivity index (χ3v) is 4.43. The van der Waals surface area contributed by atoms with E-state index in [9.17, 15) is 0 Å². The van der Waals surface area contributed by atoms with Crippen LogP contribution < -0.4 is 0 Å². The van der Waals surface area contributed by atoms with E-state index in [0.717, 1.165) is 27.1 Å². The Morgan fingerprint density at radius 3 is 3.00 bits per heavy atom. The van der Waals surface area contributed by atoms with Crippen molar-refractivity contribution in [1.82, 2.24) is 14.6 Å². The van der Waals surface area contributed by atoms with Gasteiger partial charge in [0.15, 0.2) is 0 Å². The minimum absolute atomic E-state index is 0.973. The minimum atomic E-state index is 0.973. The second kappa shape index (κ2) is 5.43. The van der Waals surface area contributed by atoms with Crippen LogP contribution in [-0.4, -0.2) is 14.6 Å². The van der Waals surface area contributed by atoms with Crippen LogP contribution in [0.15, 0.2) is 34.9 Å². The number of nitrogens with zero attached hydrogens (tertiary/aromatic N) is 3. The molecule has 0 aliphatic carbocycles. The van der Waals surface area contributed by atoms with Gasteiger partial charge in [-0.15, -0.1) is 0 Å². The lowest BCUT2D eigenvalue weighted by Crippen LogP contribution is -1.86. The summed E-state index contributed by atoms with van der Waals surface area (Å²) in [6.07, 6.45) is 5.44. The van der Waals surface area contributed by atoms with Gasteiger partial charge in [-0.3, -0.25) is 0 Å². The van der Waals surface area contributed by atoms with Crippen molar-refractivity contribution in [2.24, 2.45) is 0 Å². The predicted octanol–water partition coefficient (Wildman–Crippen LogP) is 4.56. The first-order valence-corrected chi connectivity index (χ1v) is 7.98. The van der Waals surface area contributed by atoms with E-state index >= 15 is 0 Å². The number of unbranched alkanes of at least 4 members (excludes halogenated alkanes) is 1. The Hall–Kier alpha value is -1.20. The molecule has 3 nitrogen and oxygen atoms in total. The quantitative estimate of drug-likeness (QED) is 0.699. The molecule has 0 N–H and O–H groups in total. The fourth-order valence-corrected chi connectivity index (χ4v) is 3.27. The summed E-state index contributed by atoms with van der Waals surface area (Å²) in [6.45, 7) is 2.20. The van der Waals surface area contributed by atoms with E-state index in [1.54, 1.807) is 11.3 Å². The molecule has 0 atom stereocenters. The molecule has 0 aliphatic rings. The fraction of sp³-hybridized carbons (Fsp3) is 0.286. The van der Waals surface area contributed by atoms with Crippen LogP contribution in [0.4, 0.5) is 0 Å². The highest BCUT2D eigenvalue weighted by atomic mass is 79.9. The fourth-order valence-electron chi connectivity index (χ4n) is 1.96. The van der Waals surface area contributed by atoms with Gasteiger partial charge in [0, 0.05) is 16.5 Å². The van der Waals surface area contributed by atoms with Gasteiger partial charge in [0.1, 0.15) is 5.01 Å². The van der Waals surface area contributed by atoms with Crippen LogP contribution in [0.5, 0.6) is 0 Å². The average molecular weight is 336 g/mol. The molecule has 0 amide bonds. The molecule has 19 heavy (non-hydrogen) atoms. The Morgan fingerprint density at radius 2 is 2.26 bits per heavy atom. The van der Waals surface area contributed by atoms with Gasteiger partial charge in [-0.1, -0.05) is 52.7 Å². The molecule has 1 aromatic carbocycles. The maximum atomic E-state index is 4.65. The van der Waals surface area contributed by atoms with Crippen molar-refractivity contribution in [3.8, 4) is 11.3 Å². The number of benzene rings is 1. The third kappa shape index (κ3) is 2.72. The highest BCUT2D eigenvalue weighted by Gasteiger charge is 2.09. The van der Waals surface area contributed by atoms with Crippen LogP contribution in [0.1, 0.15) is 24.8 Å². The number of aryl methyl sites for hydroxylation is 1.